The van der Waals surface area contributed by atoms with Crippen LogP contribution in [-0.2, 0) is 17.6 Å². The molecular weight excluding hydrogens is 466 g/mol. The Morgan fingerprint density at radius 3 is 2.51 bits per heavy atom. The second kappa shape index (κ2) is 11.1. The Bertz CT molecular complexity index is 1220. The minimum Gasteiger partial charge on any atom is -0.493 e. The van der Waals surface area contributed by atoms with Gasteiger partial charge < -0.3 is 9.47 Å². The lowest BCUT2D eigenvalue weighted by Gasteiger charge is -2.41. The van der Waals surface area contributed by atoms with Crippen LogP contribution in [0.25, 0.3) is 0 Å². The van der Waals surface area contributed by atoms with Crippen molar-refractivity contribution in [2.75, 3.05) is 20.8 Å². The summed E-state index contributed by atoms with van der Waals surface area (Å²) in [5.74, 6) is 0.192. The monoisotopic (exact) mass is 494 g/mol. The summed E-state index contributed by atoms with van der Waals surface area (Å²) in [7, 11) is 5.76. The second-order valence-corrected chi connectivity index (χ2v) is 9.21. The Hall–Kier alpha value is -3.15. The molecule has 0 saturated heterocycles. The molecule has 35 heavy (non-hydrogen) atoms. The summed E-state index contributed by atoms with van der Waals surface area (Å²) in [6, 6.07) is 16.9. The number of nitrogens with zero attached hydrogens (tertiary/aromatic N) is 2. The molecule has 0 spiro atoms. The maximum absolute atomic E-state index is 14.6. The summed E-state index contributed by atoms with van der Waals surface area (Å²) in [5.41, 5.74) is 3.34. The summed E-state index contributed by atoms with van der Waals surface area (Å²) in [4.78, 5) is 26.3. The number of benzene rings is 3. The van der Waals surface area contributed by atoms with Crippen molar-refractivity contribution in [3.8, 4) is 11.5 Å². The summed E-state index contributed by atoms with van der Waals surface area (Å²) in [6.07, 6.45) is 1.63. The van der Waals surface area contributed by atoms with Crippen molar-refractivity contribution in [1.29, 1.82) is 0 Å². The van der Waals surface area contributed by atoms with Crippen LogP contribution in [-0.4, -0.2) is 31.6 Å². The van der Waals surface area contributed by atoms with E-state index in [-0.39, 0.29) is 11.9 Å². The maximum Gasteiger partial charge on any atom is 0.307 e. The van der Waals surface area contributed by atoms with Gasteiger partial charge in [-0.05, 0) is 71.1 Å². The Balaban J connectivity index is 1.79. The van der Waals surface area contributed by atoms with Crippen molar-refractivity contribution in [1.82, 2.24) is 4.90 Å². The summed E-state index contributed by atoms with van der Waals surface area (Å²) in [6.45, 7) is 0.528. The molecule has 8 heteroatoms. The largest absolute Gasteiger partial charge is 0.493 e. The highest BCUT2D eigenvalue weighted by atomic mass is 31.0. The number of amides is 1. The molecule has 182 valence electrons. The van der Waals surface area contributed by atoms with Crippen LogP contribution in [0.4, 0.5) is 4.39 Å². The van der Waals surface area contributed by atoms with E-state index < -0.39 is 11.9 Å². The van der Waals surface area contributed by atoms with E-state index >= 15 is 0 Å². The van der Waals surface area contributed by atoms with E-state index in [1.54, 1.807) is 20.3 Å². The fourth-order valence-electron chi connectivity index (χ4n) is 4.92. The van der Waals surface area contributed by atoms with E-state index in [4.69, 9.17) is 9.47 Å². The molecule has 4 rings (SSSR count). The molecular formula is C27H28FN2O4P. The van der Waals surface area contributed by atoms with Crippen LogP contribution in [0.2, 0.25) is 0 Å². The molecule has 3 atom stereocenters. The summed E-state index contributed by atoms with van der Waals surface area (Å²) < 4.78 is 25.6. The average Bonchev–Trinajstić information content (AvgIpc) is 2.89. The molecule has 3 aromatic carbocycles. The molecule has 0 aliphatic carbocycles. The van der Waals surface area contributed by atoms with E-state index in [1.165, 1.54) is 6.07 Å². The zero-order valence-corrected chi connectivity index (χ0v) is 20.9. The van der Waals surface area contributed by atoms with Crippen LogP contribution in [0.1, 0.15) is 40.8 Å². The molecule has 1 aliphatic heterocycles. The molecule has 6 nitrogen and oxygen atoms in total. The Kier molecular flexibility index (Phi) is 7.89. The first-order chi connectivity index (χ1) is 17.0. The minimum absolute atomic E-state index is 0.267. The van der Waals surface area contributed by atoms with Crippen LogP contribution in [0.3, 0.4) is 0 Å². The summed E-state index contributed by atoms with van der Waals surface area (Å²) in [5, 5.41) is 3.70. The number of ether oxygens (including phenoxy) is 2. The molecule has 0 radical (unpaired) electrons. The quantitative estimate of drug-likeness (QED) is 0.329. The lowest BCUT2D eigenvalue weighted by Crippen LogP contribution is -2.41. The van der Waals surface area contributed by atoms with E-state index in [0.29, 0.717) is 48.4 Å². The number of hydrogen-bond donors (Lipinski definition) is 0. The van der Waals surface area contributed by atoms with Crippen LogP contribution in [0.15, 0.2) is 65.8 Å². The van der Waals surface area contributed by atoms with Gasteiger partial charge in [0, 0.05) is 17.8 Å². The number of carbonyl (C=O) groups is 1. The number of methoxy groups -OCH3 is 2. The van der Waals surface area contributed by atoms with Gasteiger partial charge in [-0.1, -0.05) is 36.4 Å². The summed E-state index contributed by atoms with van der Waals surface area (Å²) >= 11 is 0. The van der Waals surface area contributed by atoms with Crippen molar-refractivity contribution in [2.24, 2.45) is 5.18 Å². The molecule has 0 aromatic heterocycles. The third kappa shape index (κ3) is 5.26. The van der Waals surface area contributed by atoms with Crippen LogP contribution in [0, 0.1) is 10.7 Å². The topological polar surface area (TPSA) is 68.2 Å². The van der Waals surface area contributed by atoms with Gasteiger partial charge in [0.05, 0.1) is 14.2 Å². The fraction of sp³-hybridized carbons (Fsp3) is 0.296. The van der Waals surface area contributed by atoms with Crippen molar-refractivity contribution in [2.45, 2.75) is 31.3 Å². The van der Waals surface area contributed by atoms with Gasteiger partial charge in [0.2, 0.25) is 0 Å². The third-order valence-corrected chi connectivity index (χ3v) is 6.93. The predicted molar refractivity (Wildman–Crippen MR) is 137 cm³/mol. The van der Waals surface area contributed by atoms with Crippen molar-refractivity contribution in [3.05, 3.63) is 93.6 Å². The predicted octanol–water partition coefficient (Wildman–Crippen LogP) is 4.91. The first kappa shape index (κ1) is 25.0. The van der Waals surface area contributed by atoms with Gasteiger partial charge in [-0.2, -0.15) is 0 Å². The zero-order valence-electron chi connectivity index (χ0n) is 19.7. The average molecular weight is 495 g/mol. The van der Waals surface area contributed by atoms with E-state index in [1.807, 2.05) is 53.4 Å². The number of hydrogen-bond acceptors (Lipinski definition) is 5. The van der Waals surface area contributed by atoms with Crippen LogP contribution < -0.4 is 14.8 Å². The standard InChI is InChI=1S/C27H28FN2O4P/c1-33-24-15-18-12-13-30(26(27(31)29-32)17-6-4-3-5-7-17)23(21(18)16-25(24)34-2)11-8-19-14-20(35)9-10-22(19)28/h3-7,9-10,14-16,23,26H,8,11-13,35H2,1-2H3. The molecule has 0 bridgehead atoms. The number of aryl methyl sites for hydroxylation is 1. The van der Waals surface area contributed by atoms with Gasteiger partial charge in [0.15, 0.2) is 11.5 Å². The second-order valence-electron chi connectivity index (χ2n) is 8.54. The zero-order chi connectivity index (χ0) is 24.9. The van der Waals surface area contributed by atoms with E-state index in [2.05, 4.69) is 14.4 Å². The fourth-order valence-corrected chi connectivity index (χ4v) is 5.21. The molecule has 0 saturated carbocycles. The molecule has 1 amide bonds. The highest BCUT2D eigenvalue weighted by molar-refractivity contribution is 7.27. The Morgan fingerprint density at radius 1 is 1.11 bits per heavy atom. The number of nitroso groups, excluding NO2 is 1. The first-order valence-corrected chi connectivity index (χ1v) is 12.0. The maximum atomic E-state index is 14.6. The van der Waals surface area contributed by atoms with Crippen LogP contribution in [0.5, 0.6) is 11.5 Å². The van der Waals surface area contributed by atoms with Gasteiger partial charge in [0.1, 0.15) is 11.9 Å². The molecule has 3 aromatic rings. The molecule has 1 heterocycles. The number of rotatable bonds is 8. The number of carbonyl (C=O) groups excluding carboxylic acids is 1. The van der Waals surface area contributed by atoms with Gasteiger partial charge in [0.25, 0.3) is 0 Å². The normalized spacial score (nSPS) is 16.3. The minimum atomic E-state index is -0.835. The lowest BCUT2D eigenvalue weighted by atomic mass is 9.86. The Morgan fingerprint density at radius 2 is 1.83 bits per heavy atom. The number of halogens is 1. The highest BCUT2D eigenvalue weighted by Crippen LogP contribution is 2.43. The molecule has 1 aliphatic rings. The molecule has 0 N–H and O–H groups in total. The van der Waals surface area contributed by atoms with E-state index in [0.717, 1.165) is 16.4 Å². The SMILES string of the molecule is COc1cc2c(cc1OC)C(CCc1cc(P)ccc1F)N(C(C(=O)N=O)c1ccccc1)CC2. The first-order valence-electron chi connectivity index (χ1n) is 11.4. The molecule has 0 fully saturated rings. The van der Waals surface area contributed by atoms with Crippen molar-refractivity contribution < 1.29 is 18.7 Å². The third-order valence-electron chi connectivity index (χ3n) is 6.57. The highest BCUT2D eigenvalue weighted by Gasteiger charge is 2.38. The smallest absolute Gasteiger partial charge is 0.307 e. The van der Waals surface area contributed by atoms with Gasteiger partial charge in [-0.3, -0.25) is 9.69 Å². The van der Waals surface area contributed by atoms with Crippen molar-refractivity contribution in [3.63, 3.8) is 0 Å². The van der Waals surface area contributed by atoms with Gasteiger partial charge in [-0.15, -0.1) is 14.1 Å². The lowest BCUT2D eigenvalue weighted by molar-refractivity contribution is -0.124. The van der Waals surface area contributed by atoms with Gasteiger partial charge in [-0.25, -0.2) is 4.39 Å². The van der Waals surface area contributed by atoms with E-state index in [9.17, 15) is 14.1 Å². The Labute approximate surface area is 206 Å². The van der Waals surface area contributed by atoms with Gasteiger partial charge >= 0.3 is 5.91 Å². The van der Waals surface area contributed by atoms with Crippen LogP contribution >= 0.6 is 9.24 Å². The molecule has 3 unspecified atom stereocenters. The number of fused-ring (bicyclic) bond motifs is 1. The van der Waals surface area contributed by atoms with Crippen molar-refractivity contribution >= 4 is 20.5 Å².